The summed E-state index contributed by atoms with van der Waals surface area (Å²) in [6, 6.07) is 20.3. The third-order valence-corrected chi connectivity index (χ3v) is 7.21. The van der Waals surface area contributed by atoms with Crippen molar-refractivity contribution in [1.29, 1.82) is 0 Å². The van der Waals surface area contributed by atoms with Crippen LogP contribution in [0.3, 0.4) is 0 Å². The Morgan fingerprint density at radius 2 is 2.00 bits per heavy atom. The summed E-state index contributed by atoms with van der Waals surface area (Å²) in [6.07, 6.45) is 4.11. The summed E-state index contributed by atoms with van der Waals surface area (Å²) in [5.41, 5.74) is 4.15. The number of carbonyl (C=O) groups is 2. The average Bonchev–Trinajstić information content (AvgIpc) is 3.53. The molecule has 2 N–H and O–H groups in total. The summed E-state index contributed by atoms with van der Waals surface area (Å²) >= 11 is 3.16. The molecule has 0 spiro atoms. The van der Waals surface area contributed by atoms with Gasteiger partial charge < -0.3 is 19.6 Å². The molecule has 1 fully saturated rings. The average molecular weight is 512 g/mol. The largest absolute Gasteiger partial charge is 0.462 e. The Balaban J connectivity index is 0.000000196. The van der Waals surface area contributed by atoms with Crippen LogP contribution in [0, 0.1) is 5.92 Å². The van der Waals surface area contributed by atoms with Crippen LogP contribution >= 0.6 is 23.3 Å². The second-order valence-corrected chi connectivity index (χ2v) is 9.78. The van der Waals surface area contributed by atoms with Gasteiger partial charge in [-0.25, -0.2) is 4.79 Å². The highest BCUT2D eigenvalue weighted by Crippen LogP contribution is 2.35. The number of ether oxygens (including phenoxy) is 1. The fraction of sp³-hybridized carbons (Fsp3) is 0.333. The van der Waals surface area contributed by atoms with Crippen LogP contribution in [-0.4, -0.2) is 50.2 Å². The molecule has 1 unspecified atom stereocenters. The van der Waals surface area contributed by atoms with Gasteiger partial charge in [0.05, 0.1) is 12.2 Å². The molecule has 6 nitrogen and oxygen atoms in total. The number of hydrogen-bond donors (Lipinski definition) is 2. The molecule has 0 saturated carbocycles. The van der Waals surface area contributed by atoms with E-state index in [1.165, 1.54) is 5.56 Å². The summed E-state index contributed by atoms with van der Waals surface area (Å²) in [5.74, 6) is -0.0391. The Kier molecular flexibility index (Phi) is 10.7. The van der Waals surface area contributed by atoms with E-state index in [-0.39, 0.29) is 11.9 Å². The van der Waals surface area contributed by atoms with Gasteiger partial charge in [0.1, 0.15) is 11.3 Å². The third kappa shape index (κ3) is 7.85. The lowest BCUT2D eigenvalue weighted by molar-refractivity contribution is -0.110. The van der Waals surface area contributed by atoms with E-state index in [4.69, 9.17) is 4.74 Å². The number of nitrogens with zero attached hydrogens (tertiary/aromatic N) is 1. The van der Waals surface area contributed by atoms with E-state index in [9.17, 15) is 9.59 Å². The van der Waals surface area contributed by atoms with Gasteiger partial charge in [-0.2, -0.15) is 0 Å². The van der Waals surface area contributed by atoms with Crippen molar-refractivity contribution < 1.29 is 14.3 Å². The first-order valence-electron chi connectivity index (χ1n) is 11.7. The smallest absolute Gasteiger partial charge is 0.341 e. The molecule has 186 valence electrons. The highest BCUT2D eigenvalue weighted by Gasteiger charge is 2.21. The second kappa shape index (κ2) is 13.9. The predicted octanol–water partition coefficient (Wildman–Crippen LogP) is 6.03. The van der Waals surface area contributed by atoms with E-state index < -0.39 is 0 Å². The zero-order valence-corrected chi connectivity index (χ0v) is 22.1. The van der Waals surface area contributed by atoms with E-state index in [1.54, 1.807) is 30.2 Å². The summed E-state index contributed by atoms with van der Waals surface area (Å²) < 4.78 is 8.28. The number of thiophene rings is 1. The summed E-state index contributed by atoms with van der Waals surface area (Å²) in [4.78, 5) is 25.9. The monoisotopic (exact) mass is 511 g/mol. The number of hydrogen-bond acceptors (Lipinski definition) is 8. The normalized spacial score (nSPS) is 15.1. The van der Waals surface area contributed by atoms with Gasteiger partial charge in [-0.3, -0.25) is 4.90 Å². The fourth-order valence-electron chi connectivity index (χ4n) is 3.91. The third-order valence-electron chi connectivity index (χ3n) is 5.57. The highest BCUT2D eigenvalue weighted by atomic mass is 32.2. The molecule has 1 aliphatic rings. The second-order valence-electron chi connectivity index (χ2n) is 8.12. The zero-order chi connectivity index (χ0) is 25.0. The van der Waals surface area contributed by atoms with Crippen LogP contribution in [0.5, 0.6) is 0 Å². The Labute approximate surface area is 216 Å². The Hall–Kier alpha value is -2.81. The Bertz CT molecular complexity index is 1090. The summed E-state index contributed by atoms with van der Waals surface area (Å²) in [7, 11) is 1.81. The number of aldehydes is 1. The number of esters is 1. The molecule has 0 radical (unpaired) electrons. The van der Waals surface area contributed by atoms with Crippen LogP contribution in [0.1, 0.15) is 29.3 Å². The van der Waals surface area contributed by atoms with Crippen molar-refractivity contribution in [2.24, 2.45) is 5.92 Å². The topological polar surface area (TPSA) is 70.7 Å². The molecule has 35 heavy (non-hydrogen) atoms. The molecule has 3 aromatic rings. The first-order valence-corrected chi connectivity index (χ1v) is 13.7. The molecule has 0 aliphatic carbocycles. The number of likely N-dealkylation sites (tertiary alicyclic amines) is 1. The van der Waals surface area contributed by atoms with Gasteiger partial charge in [0.2, 0.25) is 0 Å². The number of nitrogens with one attached hydrogen (secondary N) is 2. The first kappa shape index (κ1) is 26.8. The molecule has 1 atom stereocenters. The molecule has 0 amide bonds. The molecule has 1 saturated heterocycles. The lowest BCUT2D eigenvalue weighted by Gasteiger charge is -2.15. The molecule has 0 bridgehead atoms. The van der Waals surface area contributed by atoms with E-state index in [1.807, 2.05) is 49.7 Å². The molecule has 2 heterocycles. The molecule has 2 aromatic carbocycles. The molecule has 1 aromatic heterocycles. The predicted molar refractivity (Wildman–Crippen MR) is 148 cm³/mol. The van der Waals surface area contributed by atoms with Crippen molar-refractivity contribution in [2.45, 2.75) is 19.9 Å². The summed E-state index contributed by atoms with van der Waals surface area (Å²) in [6.45, 7) is 5.07. The molecule has 1 aliphatic heterocycles. The van der Waals surface area contributed by atoms with Crippen molar-refractivity contribution in [1.82, 2.24) is 4.90 Å². The number of anilines is 2. The number of carbonyl (C=O) groups excluding carboxylic acids is 2. The van der Waals surface area contributed by atoms with E-state index >= 15 is 0 Å². The lowest BCUT2D eigenvalue weighted by atomic mass is 10.1. The minimum atomic E-state index is -0.278. The zero-order valence-electron chi connectivity index (χ0n) is 20.5. The minimum Gasteiger partial charge on any atom is -0.462 e. The standard InChI is InChI=1S/C14H15NO2S.C13H18N2OS/c1-3-17-14(16)11-9-12(18-13(11)15-2)10-7-5-4-6-8-10;1-17-14-13-4-2-3-11(7-13)8-15-6-5-12(9-15)10-16/h4-9,15H,3H2,1-2H3;2-4,7,10,12,14H,5-6,8-9H2,1H3. The molecule has 4 rings (SSSR count). The van der Waals surface area contributed by atoms with Crippen molar-refractivity contribution in [3.63, 3.8) is 0 Å². The quantitative estimate of drug-likeness (QED) is 0.206. The highest BCUT2D eigenvalue weighted by molar-refractivity contribution is 7.99. The maximum Gasteiger partial charge on any atom is 0.341 e. The van der Waals surface area contributed by atoms with Crippen LogP contribution in [0.15, 0.2) is 60.7 Å². The Morgan fingerprint density at radius 1 is 1.20 bits per heavy atom. The van der Waals surface area contributed by atoms with Gasteiger partial charge in [-0.05, 0) is 49.2 Å². The van der Waals surface area contributed by atoms with Crippen LogP contribution in [0.4, 0.5) is 10.7 Å². The van der Waals surface area contributed by atoms with Gasteiger partial charge >= 0.3 is 5.97 Å². The Morgan fingerprint density at radius 3 is 2.66 bits per heavy atom. The van der Waals surface area contributed by atoms with Gasteiger partial charge in [-0.15, -0.1) is 11.3 Å². The number of benzene rings is 2. The van der Waals surface area contributed by atoms with Gasteiger partial charge in [0, 0.05) is 42.9 Å². The summed E-state index contributed by atoms with van der Waals surface area (Å²) in [5, 5.41) is 3.88. The molecular formula is C27H33N3O3S2. The number of rotatable bonds is 9. The van der Waals surface area contributed by atoms with Gasteiger partial charge in [-0.1, -0.05) is 54.4 Å². The van der Waals surface area contributed by atoms with E-state index in [0.717, 1.165) is 53.5 Å². The SMILES string of the molecule is CCOC(=O)c1cc(-c2ccccc2)sc1NC.CSNc1cccc(CN2CCC(C=O)C2)c1. The maximum atomic E-state index is 11.8. The van der Waals surface area contributed by atoms with Crippen molar-refractivity contribution in [3.05, 3.63) is 71.8 Å². The van der Waals surface area contributed by atoms with Crippen LogP contribution in [0.2, 0.25) is 0 Å². The molecular weight excluding hydrogens is 478 g/mol. The van der Waals surface area contributed by atoms with Gasteiger partial charge in [0.15, 0.2) is 0 Å². The van der Waals surface area contributed by atoms with Crippen LogP contribution < -0.4 is 10.0 Å². The van der Waals surface area contributed by atoms with Crippen LogP contribution in [-0.2, 0) is 16.1 Å². The maximum absolute atomic E-state index is 11.8. The lowest BCUT2D eigenvalue weighted by Crippen LogP contribution is -2.20. The van der Waals surface area contributed by atoms with Gasteiger partial charge in [0.25, 0.3) is 0 Å². The van der Waals surface area contributed by atoms with Crippen molar-refractivity contribution in [2.75, 3.05) is 43.0 Å². The minimum absolute atomic E-state index is 0.238. The fourth-order valence-corrected chi connectivity index (χ4v) is 5.28. The first-order chi connectivity index (χ1) is 17.1. The van der Waals surface area contributed by atoms with E-state index in [2.05, 4.69) is 39.2 Å². The van der Waals surface area contributed by atoms with Crippen LogP contribution in [0.25, 0.3) is 10.4 Å². The molecule has 8 heteroatoms. The van der Waals surface area contributed by atoms with Crippen molar-refractivity contribution >= 4 is 46.2 Å². The van der Waals surface area contributed by atoms with Crippen molar-refractivity contribution in [3.8, 4) is 10.4 Å². The van der Waals surface area contributed by atoms with E-state index in [0.29, 0.717) is 12.2 Å².